The highest BCUT2D eigenvalue weighted by Gasteiger charge is 2.38. The number of rotatable bonds is 9. The molecule has 1 atom stereocenters. The Hall–Kier alpha value is -0.610. The van der Waals surface area contributed by atoms with Crippen molar-refractivity contribution in [2.45, 2.75) is 52.9 Å². The van der Waals surface area contributed by atoms with Gasteiger partial charge in [-0.05, 0) is 38.1 Å². The molecule has 0 aromatic heterocycles. The van der Waals surface area contributed by atoms with E-state index in [-0.39, 0.29) is 11.3 Å². The fraction of sp³-hybridized carbons (Fsp3) is 0.938. The van der Waals surface area contributed by atoms with Gasteiger partial charge >= 0.3 is 0 Å². The summed E-state index contributed by atoms with van der Waals surface area (Å²) in [5.41, 5.74) is -0.190. The molecule has 2 N–H and O–H groups in total. The Kier molecular flexibility index (Phi) is 8.15. The van der Waals surface area contributed by atoms with Crippen LogP contribution in [0.15, 0.2) is 0 Å². The molecule has 1 aliphatic rings. The topological polar surface area (TPSA) is 50.4 Å². The van der Waals surface area contributed by atoms with Crippen molar-refractivity contribution in [2.75, 3.05) is 32.8 Å². The van der Waals surface area contributed by atoms with Gasteiger partial charge in [0, 0.05) is 19.7 Å². The van der Waals surface area contributed by atoms with Gasteiger partial charge in [0.25, 0.3) is 0 Å². The van der Waals surface area contributed by atoms with Gasteiger partial charge in [0.05, 0.1) is 12.0 Å². The van der Waals surface area contributed by atoms with Gasteiger partial charge in [-0.2, -0.15) is 0 Å². The molecule has 1 fully saturated rings. The molecule has 4 heteroatoms. The lowest BCUT2D eigenvalue weighted by molar-refractivity contribution is -0.132. The zero-order valence-electron chi connectivity index (χ0n) is 13.5. The summed E-state index contributed by atoms with van der Waals surface area (Å²) in [4.78, 5) is 12.4. The molecule has 0 radical (unpaired) electrons. The minimum absolute atomic E-state index is 0.190. The Morgan fingerprint density at radius 1 is 1.40 bits per heavy atom. The van der Waals surface area contributed by atoms with Crippen molar-refractivity contribution in [3.8, 4) is 0 Å². The van der Waals surface area contributed by atoms with Crippen LogP contribution in [0, 0.1) is 11.3 Å². The van der Waals surface area contributed by atoms with E-state index in [9.17, 15) is 4.79 Å². The number of carbonyl (C=O) groups excluding carboxylic acids is 1. The van der Waals surface area contributed by atoms with E-state index < -0.39 is 0 Å². The second kappa shape index (κ2) is 9.35. The average Bonchev–Trinajstić information content (AvgIpc) is 2.43. The van der Waals surface area contributed by atoms with Gasteiger partial charge in [-0.25, -0.2) is 0 Å². The van der Waals surface area contributed by atoms with Crippen molar-refractivity contribution in [1.82, 2.24) is 10.6 Å². The van der Waals surface area contributed by atoms with Crippen LogP contribution < -0.4 is 10.6 Å². The Bertz CT molecular complexity index is 268. The molecule has 1 saturated heterocycles. The fourth-order valence-corrected chi connectivity index (χ4v) is 2.81. The molecule has 0 bridgehead atoms. The molecule has 1 heterocycles. The van der Waals surface area contributed by atoms with E-state index in [1.54, 1.807) is 0 Å². The molecule has 4 nitrogen and oxygen atoms in total. The second-order valence-corrected chi connectivity index (χ2v) is 6.36. The minimum atomic E-state index is -0.190. The first kappa shape index (κ1) is 17.4. The van der Waals surface area contributed by atoms with Gasteiger partial charge in [0.1, 0.15) is 0 Å². The highest BCUT2D eigenvalue weighted by atomic mass is 16.5. The first-order valence-electron chi connectivity index (χ1n) is 8.17. The summed E-state index contributed by atoms with van der Waals surface area (Å²) in [6.45, 7) is 10.4. The molecule has 0 aromatic carbocycles. The van der Waals surface area contributed by atoms with Crippen molar-refractivity contribution in [2.24, 2.45) is 11.3 Å². The Morgan fingerprint density at radius 2 is 2.20 bits per heavy atom. The van der Waals surface area contributed by atoms with Crippen LogP contribution in [-0.2, 0) is 9.53 Å². The maximum Gasteiger partial charge on any atom is 0.227 e. The van der Waals surface area contributed by atoms with Gasteiger partial charge in [-0.3, -0.25) is 4.79 Å². The van der Waals surface area contributed by atoms with Crippen LogP contribution in [-0.4, -0.2) is 38.8 Å². The summed E-state index contributed by atoms with van der Waals surface area (Å²) in [6, 6.07) is 0. The van der Waals surface area contributed by atoms with Gasteiger partial charge < -0.3 is 15.4 Å². The third-order valence-corrected chi connectivity index (χ3v) is 4.05. The molecule has 0 saturated carbocycles. The molecule has 1 rings (SSSR count). The molecule has 20 heavy (non-hydrogen) atoms. The summed E-state index contributed by atoms with van der Waals surface area (Å²) in [5, 5.41) is 6.43. The number of carbonyl (C=O) groups is 1. The van der Waals surface area contributed by atoms with Crippen molar-refractivity contribution in [3.63, 3.8) is 0 Å². The Balaban J connectivity index is 2.25. The van der Waals surface area contributed by atoms with E-state index in [4.69, 9.17) is 4.74 Å². The van der Waals surface area contributed by atoms with Crippen molar-refractivity contribution < 1.29 is 9.53 Å². The van der Waals surface area contributed by atoms with Crippen LogP contribution in [0.25, 0.3) is 0 Å². The summed E-state index contributed by atoms with van der Waals surface area (Å²) >= 11 is 0. The molecule has 1 amide bonds. The normalized spacial score (nSPS) is 23.0. The van der Waals surface area contributed by atoms with Crippen molar-refractivity contribution in [1.29, 1.82) is 0 Å². The number of amides is 1. The highest BCUT2D eigenvalue weighted by molar-refractivity contribution is 5.83. The molecule has 118 valence electrons. The number of hydrogen-bond acceptors (Lipinski definition) is 3. The standard InChI is InChI=1S/C16H32N2O2/c1-4-7-16(8-5-9-17-13-16)15(19)18-10-12-20-11-6-14(2)3/h14,17H,4-13H2,1-3H3,(H,18,19). The van der Waals surface area contributed by atoms with Gasteiger partial charge in [-0.1, -0.05) is 27.2 Å². The smallest absolute Gasteiger partial charge is 0.227 e. The maximum absolute atomic E-state index is 12.4. The van der Waals surface area contributed by atoms with Crippen LogP contribution in [0.3, 0.4) is 0 Å². The highest BCUT2D eigenvalue weighted by Crippen LogP contribution is 2.31. The summed E-state index contributed by atoms with van der Waals surface area (Å²) in [6.07, 6.45) is 5.21. The van der Waals surface area contributed by atoms with E-state index in [2.05, 4.69) is 31.4 Å². The molecule has 0 aliphatic carbocycles. The Labute approximate surface area is 124 Å². The summed E-state index contributed by atoms with van der Waals surface area (Å²) in [5.74, 6) is 0.879. The fourth-order valence-electron chi connectivity index (χ4n) is 2.81. The molecule has 1 aliphatic heterocycles. The average molecular weight is 284 g/mol. The molecule has 0 aromatic rings. The largest absolute Gasteiger partial charge is 0.380 e. The summed E-state index contributed by atoms with van der Waals surface area (Å²) < 4.78 is 5.54. The van der Waals surface area contributed by atoms with Crippen LogP contribution in [0.1, 0.15) is 52.9 Å². The van der Waals surface area contributed by atoms with Gasteiger partial charge in [-0.15, -0.1) is 0 Å². The monoisotopic (exact) mass is 284 g/mol. The molecular formula is C16H32N2O2. The van der Waals surface area contributed by atoms with E-state index in [1.807, 2.05) is 0 Å². The van der Waals surface area contributed by atoms with Crippen LogP contribution in [0.4, 0.5) is 0 Å². The zero-order valence-corrected chi connectivity index (χ0v) is 13.5. The molecular weight excluding hydrogens is 252 g/mol. The lowest BCUT2D eigenvalue weighted by Gasteiger charge is -2.36. The van der Waals surface area contributed by atoms with Gasteiger partial charge in [0.15, 0.2) is 0 Å². The minimum Gasteiger partial charge on any atom is -0.380 e. The van der Waals surface area contributed by atoms with E-state index in [1.165, 1.54) is 0 Å². The predicted molar refractivity (Wildman–Crippen MR) is 82.7 cm³/mol. The first-order valence-corrected chi connectivity index (χ1v) is 8.17. The third kappa shape index (κ3) is 5.80. The van der Waals surface area contributed by atoms with E-state index >= 15 is 0 Å². The van der Waals surface area contributed by atoms with Crippen LogP contribution in [0.2, 0.25) is 0 Å². The number of ether oxygens (including phenoxy) is 1. The van der Waals surface area contributed by atoms with Crippen LogP contribution in [0.5, 0.6) is 0 Å². The van der Waals surface area contributed by atoms with E-state index in [0.717, 1.165) is 51.8 Å². The van der Waals surface area contributed by atoms with Crippen molar-refractivity contribution >= 4 is 5.91 Å². The number of nitrogens with one attached hydrogen (secondary N) is 2. The molecule has 1 unspecified atom stereocenters. The maximum atomic E-state index is 12.4. The second-order valence-electron chi connectivity index (χ2n) is 6.36. The first-order chi connectivity index (χ1) is 9.60. The van der Waals surface area contributed by atoms with Crippen LogP contribution >= 0.6 is 0 Å². The molecule has 0 spiro atoms. The number of hydrogen-bond donors (Lipinski definition) is 2. The number of piperidine rings is 1. The lowest BCUT2D eigenvalue weighted by atomic mass is 9.76. The van der Waals surface area contributed by atoms with E-state index in [0.29, 0.717) is 19.1 Å². The Morgan fingerprint density at radius 3 is 2.80 bits per heavy atom. The SMILES string of the molecule is CCCC1(C(=O)NCCOCCC(C)C)CCCNC1. The lowest BCUT2D eigenvalue weighted by Crippen LogP contribution is -2.51. The zero-order chi connectivity index (χ0) is 14.8. The third-order valence-electron chi connectivity index (χ3n) is 4.05. The predicted octanol–water partition coefficient (Wildman–Crippen LogP) is 2.34. The van der Waals surface area contributed by atoms with Gasteiger partial charge in [0.2, 0.25) is 5.91 Å². The van der Waals surface area contributed by atoms with Crippen molar-refractivity contribution in [3.05, 3.63) is 0 Å². The summed E-state index contributed by atoms with van der Waals surface area (Å²) in [7, 11) is 0. The quantitative estimate of drug-likeness (QED) is 0.639.